The predicted molar refractivity (Wildman–Crippen MR) is 88.6 cm³/mol. The molecule has 0 aromatic heterocycles. The number of aliphatic hydroxyl groups is 1. The van der Waals surface area contributed by atoms with Gasteiger partial charge in [-0.25, -0.2) is 0 Å². The lowest BCUT2D eigenvalue weighted by atomic mass is 10.0. The Hall–Kier alpha value is -1.34. The second-order valence-electron chi connectivity index (χ2n) is 5.78. The molecule has 1 aromatic rings. The van der Waals surface area contributed by atoms with Crippen LogP contribution in [0.15, 0.2) is 41.5 Å². The highest BCUT2D eigenvalue weighted by Crippen LogP contribution is 2.20. The Balaban J connectivity index is 2.61. The second-order valence-corrected chi connectivity index (χ2v) is 5.78. The van der Waals surface area contributed by atoms with E-state index in [2.05, 4.69) is 52.0 Å². The van der Waals surface area contributed by atoms with Crippen LogP contribution in [0, 0.1) is 0 Å². The van der Waals surface area contributed by atoms with Crippen LogP contribution in [0.5, 0.6) is 0 Å². The van der Waals surface area contributed by atoms with Crippen molar-refractivity contribution in [3.63, 3.8) is 0 Å². The molecule has 0 bridgehead atoms. The summed E-state index contributed by atoms with van der Waals surface area (Å²) in [6.07, 6.45) is 8.24. The maximum Gasteiger partial charge on any atom is 0.0790 e. The topological polar surface area (TPSA) is 20.2 Å². The van der Waals surface area contributed by atoms with Gasteiger partial charge in [0.05, 0.1) is 6.10 Å². The molecular formula is C19H28O. The predicted octanol–water partition coefficient (Wildman–Crippen LogP) is 5.67. The number of hydrogen-bond acceptors (Lipinski definition) is 1. The van der Waals surface area contributed by atoms with Crippen molar-refractivity contribution in [2.24, 2.45) is 0 Å². The highest BCUT2D eigenvalue weighted by Gasteiger charge is 2.05. The van der Waals surface area contributed by atoms with Crippen LogP contribution in [0.3, 0.4) is 0 Å². The molecular weight excluding hydrogens is 244 g/mol. The molecule has 1 heteroatoms. The van der Waals surface area contributed by atoms with E-state index in [4.69, 9.17) is 0 Å². The van der Waals surface area contributed by atoms with Crippen LogP contribution in [0.4, 0.5) is 0 Å². The van der Waals surface area contributed by atoms with E-state index in [9.17, 15) is 5.11 Å². The number of benzene rings is 1. The summed E-state index contributed by atoms with van der Waals surface area (Å²) in [4.78, 5) is 0. The third-order valence-electron chi connectivity index (χ3n) is 3.39. The first-order valence-corrected chi connectivity index (χ1v) is 7.61. The van der Waals surface area contributed by atoms with Gasteiger partial charge < -0.3 is 5.11 Å². The largest absolute Gasteiger partial charge is 0.388 e. The summed E-state index contributed by atoms with van der Waals surface area (Å²) in [5.41, 5.74) is 5.01. The van der Waals surface area contributed by atoms with E-state index in [1.807, 2.05) is 12.1 Å². The normalized spacial score (nSPS) is 13.2. The molecule has 1 N–H and O–H groups in total. The monoisotopic (exact) mass is 272 g/mol. The highest BCUT2D eigenvalue weighted by molar-refractivity contribution is 5.52. The molecule has 0 aliphatic heterocycles. The Morgan fingerprint density at radius 2 is 1.80 bits per heavy atom. The molecule has 0 amide bonds. The molecule has 110 valence electrons. The summed E-state index contributed by atoms with van der Waals surface area (Å²) in [7, 11) is 0. The van der Waals surface area contributed by atoms with Crippen LogP contribution in [0.25, 0.3) is 6.08 Å². The van der Waals surface area contributed by atoms with Crippen molar-refractivity contribution in [3.05, 3.63) is 52.6 Å². The summed E-state index contributed by atoms with van der Waals surface area (Å²) < 4.78 is 0. The molecule has 1 aromatic carbocycles. The minimum Gasteiger partial charge on any atom is -0.388 e. The van der Waals surface area contributed by atoms with Crippen LogP contribution in [0.2, 0.25) is 0 Å². The third kappa shape index (κ3) is 6.21. The summed E-state index contributed by atoms with van der Waals surface area (Å²) in [5, 5.41) is 9.94. The average Bonchev–Trinajstić information content (AvgIpc) is 2.39. The molecule has 20 heavy (non-hydrogen) atoms. The van der Waals surface area contributed by atoms with Gasteiger partial charge in [-0.3, -0.25) is 0 Å². The molecule has 0 heterocycles. The molecule has 0 spiro atoms. The fraction of sp³-hybridized carbons (Fsp3) is 0.474. The van der Waals surface area contributed by atoms with E-state index >= 15 is 0 Å². The van der Waals surface area contributed by atoms with Crippen molar-refractivity contribution < 1.29 is 5.11 Å². The quantitative estimate of drug-likeness (QED) is 0.634. The van der Waals surface area contributed by atoms with E-state index in [0.29, 0.717) is 0 Å². The summed E-state index contributed by atoms with van der Waals surface area (Å²) in [5.74, 6) is 0. The maximum atomic E-state index is 9.94. The molecule has 1 nitrogen and oxygen atoms in total. The zero-order chi connectivity index (χ0) is 15.0. The fourth-order valence-corrected chi connectivity index (χ4v) is 2.20. The van der Waals surface area contributed by atoms with Crippen molar-refractivity contribution in [2.75, 3.05) is 0 Å². The number of rotatable bonds is 7. The third-order valence-corrected chi connectivity index (χ3v) is 3.39. The van der Waals surface area contributed by atoms with Gasteiger partial charge in [-0.15, -0.1) is 0 Å². The molecule has 0 saturated carbocycles. The SMILES string of the molecule is CCCC(O)c1ccc(/C=C(\C)CCC=C(C)C)cc1. The van der Waals surface area contributed by atoms with Gasteiger partial charge in [-0.2, -0.15) is 0 Å². The van der Waals surface area contributed by atoms with Gasteiger partial charge in [0.25, 0.3) is 0 Å². The van der Waals surface area contributed by atoms with Crippen LogP contribution < -0.4 is 0 Å². The van der Waals surface area contributed by atoms with Crippen molar-refractivity contribution in [2.45, 2.75) is 59.5 Å². The molecule has 0 saturated heterocycles. The van der Waals surface area contributed by atoms with Crippen molar-refractivity contribution in [1.82, 2.24) is 0 Å². The Labute approximate surface area is 124 Å². The van der Waals surface area contributed by atoms with Gasteiger partial charge in [0.1, 0.15) is 0 Å². The van der Waals surface area contributed by atoms with E-state index in [0.717, 1.165) is 31.2 Å². The van der Waals surface area contributed by atoms with Crippen molar-refractivity contribution in [3.8, 4) is 0 Å². The Morgan fingerprint density at radius 1 is 1.15 bits per heavy atom. The van der Waals surface area contributed by atoms with Gasteiger partial charge in [-0.1, -0.05) is 60.9 Å². The first kappa shape index (κ1) is 16.7. The second kappa shape index (κ2) is 8.76. The van der Waals surface area contributed by atoms with E-state index in [1.54, 1.807) is 0 Å². The smallest absolute Gasteiger partial charge is 0.0790 e. The van der Waals surface area contributed by atoms with Gasteiger partial charge in [0.15, 0.2) is 0 Å². The van der Waals surface area contributed by atoms with Gasteiger partial charge >= 0.3 is 0 Å². The lowest BCUT2D eigenvalue weighted by molar-refractivity contribution is 0.166. The maximum absolute atomic E-state index is 9.94. The molecule has 0 aliphatic carbocycles. The highest BCUT2D eigenvalue weighted by atomic mass is 16.3. The summed E-state index contributed by atoms with van der Waals surface area (Å²) >= 11 is 0. The first-order valence-electron chi connectivity index (χ1n) is 7.61. The van der Waals surface area contributed by atoms with Crippen LogP contribution in [-0.4, -0.2) is 5.11 Å². The molecule has 0 radical (unpaired) electrons. The first-order chi connectivity index (χ1) is 9.52. The molecule has 0 aliphatic rings. The standard InChI is InChI=1S/C19H28O/c1-5-7-19(20)18-12-10-17(11-13-18)14-16(4)9-6-8-15(2)3/h8,10-14,19-20H,5-7,9H2,1-4H3/b16-14+. The van der Waals surface area contributed by atoms with E-state index in [1.165, 1.54) is 16.7 Å². The van der Waals surface area contributed by atoms with Crippen molar-refractivity contribution >= 4 is 6.08 Å². The summed E-state index contributed by atoms with van der Waals surface area (Å²) in [6, 6.07) is 8.27. The molecule has 1 unspecified atom stereocenters. The Kier molecular flexibility index (Phi) is 7.32. The Bertz CT molecular complexity index is 447. The van der Waals surface area contributed by atoms with Crippen molar-refractivity contribution in [1.29, 1.82) is 0 Å². The summed E-state index contributed by atoms with van der Waals surface area (Å²) in [6.45, 7) is 8.55. The lowest BCUT2D eigenvalue weighted by Crippen LogP contribution is -1.96. The minimum absolute atomic E-state index is 0.322. The van der Waals surface area contributed by atoms with Gasteiger partial charge in [0, 0.05) is 0 Å². The Morgan fingerprint density at radius 3 is 2.35 bits per heavy atom. The molecule has 1 atom stereocenters. The van der Waals surface area contributed by atoms with Crippen LogP contribution >= 0.6 is 0 Å². The minimum atomic E-state index is -0.322. The molecule has 0 fully saturated rings. The van der Waals surface area contributed by atoms with E-state index < -0.39 is 0 Å². The van der Waals surface area contributed by atoms with E-state index in [-0.39, 0.29) is 6.10 Å². The van der Waals surface area contributed by atoms with Gasteiger partial charge in [0.2, 0.25) is 0 Å². The fourth-order valence-electron chi connectivity index (χ4n) is 2.20. The zero-order valence-corrected chi connectivity index (χ0v) is 13.3. The van der Waals surface area contributed by atoms with Crippen LogP contribution in [-0.2, 0) is 0 Å². The number of allylic oxidation sites excluding steroid dienone is 3. The van der Waals surface area contributed by atoms with Crippen LogP contribution in [0.1, 0.15) is 70.6 Å². The zero-order valence-electron chi connectivity index (χ0n) is 13.3. The lowest BCUT2D eigenvalue weighted by Gasteiger charge is -2.09. The molecule has 1 rings (SSSR count). The number of hydrogen-bond donors (Lipinski definition) is 1. The number of aliphatic hydroxyl groups excluding tert-OH is 1. The van der Waals surface area contributed by atoms with Gasteiger partial charge in [-0.05, 0) is 51.2 Å². The average molecular weight is 272 g/mol.